The van der Waals surface area contributed by atoms with Crippen LogP contribution in [-0.2, 0) is 6.18 Å². The first-order chi connectivity index (χ1) is 7.90. The molecule has 0 spiro atoms. The summed E-state index contributed by atoms with van der Waals surface area (Å²) in [6.07, 6.45) is -1.48. The van der Waals surface area contributed by atoms with Crippen LogP contribution < -0.4 is 0 Å². The van der Waals surface area contributed by atoms with Gasteiger partial charge in [-0.3, -0.25) is 0 Å². The molecular weight excluding hydrogens is 249 g/mol. The van der Waals surface area contributed by atoms with Crippen LogP contribution in [0.5, 0.6) is 0 Å². The molecule has 0 N–H and O–H groups in total. The van der Waals surface area contributed by atoms with E-state index in [4.69, 9.17) is 11.6 Å². The van der Waals surface area contributed by atoms with Crippen LogP contribution in [0.1, 0.15) is 50.2 Å². The number of alkyl halides is 3. The Morgan fingerprint density at radius 2 is 1.88 bits per heavy atom. The zero-order valence-corrected chi connectivity index (χ0v) is 10.7. The summed E-state index contributed by atoms with van der Waals surface area (Å²) in [5.74, 6) is 0.291. The van der Waals surface area contributed by atoms with E-state index in [9.17, 15) is 13.2 Å². The lowest BCUT2D eigenvalue weighted by Gasteiger charge is -2.16. The fraction of sp³-hybridized carbons (Fsp3) is 0.538. The van der Waals surface area contributed by atoms with Crippen molar-refractivity contribution in [2.75, 3.05) is 0 Å². The first kappa shape index (κ1) is 14.4. The quantitative estimate of drug-likeness (QED) is 0.659. The molecule has 0 aromatic heterocycles. The Bertz CT molecular complexity index is 371. The minimum Gasteiger partial charge on any atom is -0.166 e. The van der Waals surface area contributed by atoms with Crippen molar-refractivity contribution >= 4 is 11.6 Å². The molecular formula is C13H16ClF3. The normalized spacial score (nSPS) is 13.8. The van der Waals surface area contributed by atoms with E-state index in [0.717, 1.165) is 30.9 Å². The highest BCUT2D eigenvalue weighted by Gasteiger charge is 2.33. The molecule has 1 rings (SSSR count). The molecule has 0 aliphatic heterocycles. The van der Waals surface area contributed by atoms with E-state index in [1.54, 1.807) is 6.07 Å². The van der Waals surface area contributed by atoms with E-state index in [2.05, 4.69) is 6.92 Å². The van der Waals surface area contributed by atoms with Gasteiger partial charge >= 0.3 is 6.18 Å². The molecule has 0 radical (unpaired) electrons. The van der Waals surface area contributed by atoms with Crippen molar-refractivity contribution < 1.29 is 13.2 Å². The molecule has 0 aliphatic rings. The van der Waals surface area contributed by atoms with Gasteiger partial charge in [0, 0.05) is 0 Å². The molecule has 0 heterocycles. The highest BCUT2D eigenvalue weighted by Crippen LogP contribution is 2.37. The Morgan fingerprint density at radius 3 is 2.29 bits per heavy atom. The van der Waals surface area contributed by atoms with Crippen molar-refractivity contribution in [1.82, 2.24) is 0 Å². The van der Waals surface area contributed by atoms with Crippen LogP contribution in [-0.4, -0.2) is 0 Å². The lowest BCUT2D eigenvalue weighted by Crippen LogP contribution is -2.07. The van der Waals surface area contributed by atoms with Crippen molar-refractivity contribution in [3.05, 3.63) is 34.3 Å². The molecule has 0 aliphatic carbocycles. The highest BCUT2D eigenvalue weighted by molar-refractivity contribution is 6.31. The second kappa shape index (κ2) is 5.76. The van der Waals surface area contributed by atoms with Crippen molar-refractivity contribution in [2.45, 2.75) is 45.2 Å². The van der Waals surface area contributed by atoms with Gasteiger partial charge in [-0.25, -0.2) is 0 Å². The standard InChI is InChI=1S/C13H16ClF3/c1-3-5-9(4-2)10-6-7-11(12(14)8-10)13(15,16)17/h6-9H,3-5H2,1-2H3. The summed E-state index contributed by atoms with van der Waals surface area (Å²) in [7, 11) is 0. The maximum absolute atomic E-state index is 12.5. The predicted molar refractivity (Wildman–Crippen MR) is 64.4 cm³/mol. The summed E-state index contributed by atoms with van der Waals surface area (Å²) in [5.41, 5.74) is 0.140. The predicted octanol–water partition coefficient (Wildman–Crippen LogP) is 5.65. The molecule has 4 heteroatoms. The van der Waals surface area contributed by atoms with Crippen molar-refractivity contribution in [3.63, 3.8) is 0 Å². The van der Waals surface area contributed by atoms with Crippen LogP contribution in [0.2, 0.25) is 5.02 Å². The van der Waals surface area contributed by atoms with Crippen LogP contribution in [0.25, 0.3) is 0 Å². The first-order valence-electron chi connectivity index (χ1n) is 5.76. The van der Waals surface area contributed by atoms with Gasteiger partial charge < -0.3 is 0 Å². The SMILES string of the molecule is CCCC(CC)c1ccc(C(F)(F)F)c(Cl)c1. The van der Waals surface area contributed by atoms with E-state index >= 15 is 0 Å². The van der Waals surface area contributed by atoms with E-state index in [-0.39, 0.29) is 5.02 Å². The number of hydrogen-bond donors (Lipinski definition) is 0. The Morgan fingerprint density at radius 1 is 1.24 bits per heavy atom. The summed E-state index contributed by atoms with van der Waals surface area (Å²) in [6, 6.07) is 4.07. The number of halogens is 4. The molecule has 0 fully saturated rings. The topological polar surface area (TPSA) is 0 Å². The van der Waals surface area contributed by atoms with E-state index in [1.807, 2.05) is 6.92 Å². The van der Waals surface area contributed by atoms with Crippen LogP contribution in [0.4, 0.5) is 13.2 Å². The number of rotatable bonds is 4. The summed E-state index contributed by atoms with van der Waals surface area (Å²) in [6.45, 7) is 4.10. The maximum atomic E-state index is 12.5. The molecule has 1 aromatic carbocycles. The Hall–Kier alpha value is -0.700. The van der Waals surface area contributed by atoms with Gasteiger partial charge in [0.15, 0.2) is 0 Å². The number of hydrogen-bond acceptors (Lipinski definition) is 0. The van der Waals surface area contributed by atoms with Gasteiger partial charge in [-0.1, -0.05) is 37.9 Å². The smallest absolute Gasteiger partial charge is 0.166 e. The third kappa shape index (κ3) is 3.63. The molecule has 17 heavy (non-hydrogen) atoms. The van der Waals surface area contributed by atoms with E-state index in [1.165, 1.54) is 6.07 Å². The average Bonchev–Trinajstić information content (AvgIpc) is 2.23. The summed E-state index contributed by atoms with van der Waals surface area (Å²) >= 11 is 5.70. The van der Waals surface area contributed by atoms with Gasteiger partial charge in [-0.15, -0.1) is 0 Å². The molecule has 1 atom stereocenters. The van der Waals surface area contributed by atoms with Crippen LogP contribution >= 0.6 is 11.6 Å². The van der Waals surface area contributed by atoms with Gasteiger partial charge in [0.2, 0.25) is 0 Å². The molecule has 96 valence electrons. The lowest BCUT2D eigenvalue weighted by atomic mass is 9.91. The summed E-state index contributed by atoms with van der Waals surface area (Å²) in [4.78, 5) is 0. The van der Waals surface area contributed by atoms with Crippen molar-refractivity contribution in [2.24, 2.45) is 0 Å². The second-order valence-corrected chi connectivity index (χ2v) is 4.54. The molecule has 1 aromatic rings. The van der Waals surface area contributed by atoms with Gasteiger partial charge in [-0.05, 0) is 36.5 Å². The van der Waals surface area contributed by atoms with Gasteiger partial charge in [-0.2, -0.15) is 13.2 Å². The second-order valence-electron chi connectivity index (χ2n) is 4.13. The van der Waals surface area contributed by atoms with Crippen molar-refractivity contribution in [1.29, 1.82) is 0 Å². The molecule has 0 nitrogen and oxygen atoms in total. The maximum Gasteiger partial charge on any atom is 0.417 e. The summed E-state index contributed by atoms with van der Waals surface area (Å²) in [5, 5.41) is -0.204. The number of benzene rings is 1. The van der Waals surface area contributed by atoms with Crippen molar-refractivity contribution in [3.8, 4) is 0 Å². The fourth-order valence-electron chi connectivity index (χ4n) is 1.97. The highest BCUT2D eigenvalue weighted by atomic mass is 35.5. The van der Waals surface area contributed by atoms with E-state index < -0.39 is 11.7 Å². The monoisotopic (exact) mass is 264 g/mol. The van der Waals surface area contributed by atoms with E-state index in [0.29, 0.717) is 5.92 Å². The minimum absolute atomic E-state index is 0.204. The summed E-state index contributed by atoms with van der Waals surface area (Å²) < 4.78 is 37.6. The fourth-order valence-corrected chi connectivity index (χ4v) is 2.27. The lowest BCUT2D eigenvalue weighted by molar-refractivity contribution is -0.137. The van der Waals surface area contributed by atoms with Gasteiger partial charge in [0.1, 0.15) is 0 Å². The van der Waals surface area contributed by atoms with Gasteiger partial charge in [0.05, 0.1) is 10.6 Å². The zero-order valence-electron chi connectivity index (χ0n) is 9.94. The van der Waals surface area contributed by atoms with Crippen LogP contribution in [0.15, 0.2) is 18.2 Å². The first-order valence-corrected chi connectivity index (χ1v) is 6.14. The largest absolute Gasteiger partial charge is 0.417 e. The zero-order chi connectivity index (χ0) is 13.1. The Labute approximate surface area is 105 Å². The molecule has 0 saturated carbocycles. The van der Waals surface area contributed by atoms with Crippen LogP contribution in [0.3, 0.4) is 0 Å². The third-order valence-electron chi connectivity index (χ3n) is 2.90. The third-order valence-corrected chi connectivity index (χ3v) is 3.21. The Balaban J connectivity index is 3.03. The molecule has 0 amide bonds. The molecule has 0 saturated heterocycles. The Kier molecular flexibility index (Phi) is 4.87. The van der Waals surface area contributed by atoms with Crippen LogP contribution in [0, 0.1) is 0 Å². The minimum atomic E-state index is -4.37. The average molecular weight is 265 g/mol. The van der Waals surface area contributed by atoms with Gasteiger partial charge in [0.25, 0.3) is 0 Å². The molecule has 1 unspecified atom stereocenters. The molecule has 0 bridgehead atoms.